The predicted molar refractivity (Wildman–Crippen MR) is 90.8 cm³/mol. The van der Waals surface area contributed by atoms with Gasteiger partial charge in [-0.3, -0.25) is 4.90 Å². The van der Waals surface area contributed by atoms with Crippen molar-refractivity contribution in [2.45, 2.75) is 13.0 Å². The third-order valence-electron chi connectivity index (χ3n) is 3.93. The van der Waals surface area contributed by atoms with E-state index in [0.717, 1.165) is 32.6 Å². The van der Waals surface area contributed by atoms with Gasteiger partial charge in [-0.05, 0) is 24.4 Å². The van der Waals surface area contributed by atoms with E-state index in [-0.39, 0.29) is 6.03 Å². The van der Waals surface area contributed by atoms with Crippen LogP contribution in [0.5, 0.6) is 0 Å². The second-order valence-electron chi connectivity index (χ2n) is 5.93. The molecule has 120 valence electrons. The molecule has 1 saturated heterocycles. The van der Waals surface area contributed by atoms with Crippen LogP contribution < -0.4 is 5.32 Å². The molecule has 2 rings (SSSR count). The summed E-state index contributed by atoms with van der Waals surface area (Å²) in [5.74, 6) is 0.527. The van der Waals surface area contributed by atoms with Gasteiger partial charge >= 0.3 is 6.03 Å². The molecule has 1 aliphatic heterocycles. The Morgan fingerprint density at radius 3 is 2.86 bits per heavy atom. The molecule has 1 N–H and O–H groups in total. The third kappa shape index (κ3) is 5.35. The average molecular weight is 322 g/mol. The molecule has 0 aromatic heterocycles. The average Bonchev–Trinajstić information content (AvgIpc) is 2.92. The van der Waals surface area contributed by atoms with Crippen LogP contribution in [0.25, 0.3) is 0 Å². The van der Waals surface area contributed by atoms with E-state index in [0.29, 0.717) is 17.5 Å². The lowest BCUT2D eigenvalue weighted by Gasteiger charge is -2.22. The molecular formula is C17H24ClN3O. The van der Waals surface area contributed by atoms with Gasteiger partial charge in [-0.1, -0.05) is 48.5 Å². The molecule has 2 amide bonds. The van der Waals surface area contributed by atoms with Crippen LogP contribution >= 0.6 is 11.6 Å². The topological polar surface area (TPSA) is 35.6 Å². The molecule has 1 aromatic carbocycles. The van der Waals surface area contributed by atoms with E-state index in [1.54, 1.807) is 4.90 Å². The Labute approximate surface area is 137 Å². The van der Waals surface area contributed by atoms with Crippen LogP contribution in [0.15, 0.2) is 41.9 Å². The van der Waals surface area contributed by atoms with Gasteiger partial charge in [0, 0.05) is 31.7 Å². The Balaban J connectivity index is 1.73. The molecule has 5 heteroatoms. The van der Waals surface area contributed by atoms with Crippen molar-refractivity contribution in [1.29, 1.82) is 0 Å². The summed E-state index contributed by atoms with van der Waals surface area (Å²) in [6, 6.07) is 10.4. The lowest BCUT2D eigenvalue weighted by atomic mass is 10.1. The molecule has 0 bridgehead atoms. The molecule has 0 saturated carbocycles. The quantitative estimate of drug-likeness (QED) is 0.874. The smallest absolute Gasteiger partial charge is 0.317 e. The first kappa shape index (κ1) is 16.8. The maximum Gasteiger partial charge on any atom is 0.317 e. The van der Waals surface area contributed by atoms with Crippen LogP contribution in [0.2, 0.25) is 0 Å². The number of benzene rings is 1. The highest BCUT2D eigenvalue weighted by Crippen LogP contribution is 2.19. The number of likely N-dealkylation sites (tertiary alicyclic amines) is 1. The number of hydrogen-bond donors (Lipinski definition) is 1. The van der Waals surface area contributed by atoms with E-state index < -0.39 is 0 Å². The summed E-state index contributed by atoms with van der Waals surface area (Å²) >= 11 is 5.66. The third-order valence-corrected chi connectivity index (χ3v) is 4.06. The normalized spacial score (nSPS) is 18.2. The zero-order valence-electron chi connectivity index (χ0n) is 13.1. The van der Waals surface area contributed by atoms with E-state index in [4.69, 9.17) is 11.6 Å². The minimum absolute atomic E-state index is 0.0942. The zero-order valence-corrected chi connectivity index (χ0v) is 13.9. The molecule has 0 spiro atoms. The van der Waals surface area contributed by atoms with Gasteiger partial charge in [-0.25, -0.2) is 4.79 Å². The van der Waals surface area contributed by atoms with Crippen molar-refractivity contribution >= 4 is 17.6 Å². The molecule has 1 atom stereocenters. The second-order valence-corrected chi connectivity index (χ2v) is 6.47. The summed E-state index contributed by atoms with van der Waals surface area (Å²) < 4.78 is 0. The van der Waals surface area contributed by atoms with Crippen molar-refractivity contribution in [2.75, 3.05) is 33.2 Å². The van der Waals surface area contributed by atoms with Crippen LogP contribution in [0.4, 0.5) is 4.79 Å². The highest BCUT2D eigenvalue weighted by atomic mass is 35.5. The lowest BCUT2D eigenvalue weighted by molar-refractivity contribution is 0.200. The summed E-state index contributed by atoms with van der Waals surface area (Å²) in [4.78, 5) is 16.1. The monoisotopic (exact) mass is 321 g/mol. The zero-order chi connectivity index (χ0) is 15.9. The Bertz CT molecular complexity index is 506. The number of amides is 2. The van der Waals surface area contributed by atoms with Crippen LogP contribution in [0, 0.1) is 5.92 Å². The predicted octanol–water partition coefficient (Wildman–Crippen LogP) is 2.90. The van der Waals surface area contributed by atoms with Gasteiger partial charge in [0.05, 0.1) is 6.54 Å². The lowest BCUT2D eigenvalue weighted by Crippen LogP contribution is -2.40. The van der Waals surface area contributed by atoms with Crippen molar-refractivity contribution in [3.63, 3.8) is 0 Å². The van der Waals surface area contributed by atoms with Crippen LogP contribution in [-0.2, 0) is 6.54 Å². The Morgan fingerprint density at radius 1 is 1.45 bits per heavy atom. The van der Waals surface area contributed by atoms with Gasteiger partial charge in [0.1, 0.15) is 0 Å². The second kappa shape index (κ2) is 8.20. The van der Waals surface area contributed by atoms with Gasteiger partial charge < -0.3 is 10.2 Å². The molecule has 1 fully saturated rings. The SMILES string of the molecule is C=C(Cl)CNC(=O)N(C)CC1CCN(Cc2ccccc2)C1. The number of rotatable bonds is 6. The Hall–Kier alpha value is -1.52. The number of carbonyl (C=O) groups excluding carboxylic acids is 1. The van der Waals surface area contributed by atoms with Crippen molar-refractivity contribution < 1.29 is 4.79 Å². The summed E-state index contributed by atoms with van der Waals surface area (Å²) in [6.07, 6.45) is 1.13. The van der Waals surface area contributed by atoms with Crippen molar-refractivity contribution in [1.82, 2.24) is 15.1 Å². The fraction of sp³-hybridized carbons (Fsp3) is 0.471. The van der Waals surface area contributed by atoms with E-state index >= 15 is 0 Å². The standard InChI is InChI=1S/C17H24ClN3O/c1-14(18)10-19-17(22)20(2)11-16-8-9-21(13-16)12-15-6-4-3-5-7-15/h3-7,16H,1,8-13H2,2H3,(H,19,22). The maximum atomic E-state index is 11.9. The van der Waals surface area contributed by atoms with E-state index in [1.807, 2.05) is 13.1 Å². The van der Waals surface area contributed by atoms with E-state index in [9.17, 15) is 4.79 Å². The molecule has 0 aliphatic carbocycles. The van der Waals surface area contributed by atoms with Gasteiger partial charge in [0.25, 0.3) is 0 Å². The molecule has 0 radical (unpaired) electrons. The van der Waals surface area contributed by atoms with Crippen LogP contribution in [0.3, 0.4) is 0 Å². The van der Waals surface area contributed by atoms with Crippen LogP contribution in [0.1, 0.15) is 12.0 Å². The van der Waals surface area contributed by atoms with Crippen molar-refractivity contribution in [2.24, 2.45) is 5.92 Å². The highest BCUT2D eigenvalue weighted by Gasteiger charge is 2.24. The number of halogens is 1. The van der Waals surface area contributed by atoms with Crippen molar-refractivity contribution in [3.8, 4) is 0 Å². The molecular weight excluding hydrogens is 298 g/mol. The van der Waals surface area contributed by atoms with Gasteiger partial charge in [-0.15, -0.1) is 0 Å². The molecule has 1 aromatic rings. The Morgan fingerprint density at radius 2 is 2.18 bits per heavy atom. The van der Waals surface area contributed by atoms with Crippen LogP contribution in [-0.4, -0.2) is 49.1 Å². The molecule has 1 aliphatic rings. The molecule has 1 unspecified atom stereocenters. The number of nitrogens with zero attached hydrogens (tertiary/aromatic N) is 2. The first-order chi connectivity index (χ1) is 10.5. The molecule has 1 heterocycles. The minimum atomic E-state index is -0.0942. The van der Waals surface area contributed by atoms with E-state index in [1.165, 1.54) is 5.56 Å². The largest absolute Gasteiger partial charge is 0.333 e. The first-order valence-electron chi connectivity index (χ1n) is 7.63. The summed E-state index contributed by atoms with van der Waals surface area (Å²) in [6.45, 7) is 7.76. The first-order valence-corrected chi connectivity index (χ1v) is 8.01. The number of carbonyl (C=O) groups is 1. The summed E-state index contributed by atoms with van der Waals surface area (Å²) in [5, 5.41) is 3.19. The fourth-order valence-electron chi connectivity index (χ4n) is 2.82. The highest BCUT2D eigenvalue weighted by molar-refractivity contribution is 6.29. The Kier molecular flexibility index (Phi) is 6.28. The van der Waals surface area contributed by atoms with Gasteiger partial charge in [0.2, 0.25) is 0 Å². The van der Waals surface area contributed by atoms with E-state index in [2.05, 4.69) is 41.1 Å². The van der Waals surface area contributed by atoms with Crippen molar-refractivity contribution in [3.05, 3.63) is 47.5 Å². The minimum Gasteiger partial charge on any atom is -0.333 e. The number of hydrogen-bond acceptors (Lipinski definition) is 2. The number of urea groups is 1. The van der Waals surface area contributed by atoms with Gasteiger partial charge in [0.15, 0.2) is 0 Å². The molecule has 4 nitrogen and oxygen atoms in total. The molecule has 22 heavy (non-hydrogen) atoms. The number of nitrogens with one attached hydrogen (secondary N) is 1. The summed E-state index contributed by atoms with van der Waals surface area (Å²) in [5.41, 5.74) is 1.34. The fourth-order valence-corrected chi connectivity index (χ4v) is 2.89. The summed E-state index contributed by atoms with van der Waals surface area (Å²) in [7, 11) is 1.83. The van der Waals surface area contributed by atoms with Gasteiger partial charge in [-0.2, -0.15) is 0 Å². The maximum absolute atomic E-state index is 11.9.